The van der Waals surface area contributed by atoms with E-state index < -0.39 is 0 Å². The van der Waals surface area contributed by atoms with Crippen LogP contribution < -0.4 is 20.1 Å². The van der Waals surface area contributed by atoms with Gasteiger partial charge in [-0.05, 0) is 6.07 Å². The second kappa shape index (κ2) is 8.68. The molecule has 0 saturated carbocycles. The van der Waals surface area contributed by atoms with Crippen molar-refractivity contribution in [3.05, 3.63) is 41.9 Å². The van der Waals surface area contributed by atoms with Crippen molar-refractivity contribution in [2.75, 3.05) is 26.6 Å². The average molecular weight is 332 g/mol. The zero-order valence-electron chi connectivity index (χ0n) is 13.8. The first-order valence-electron chi connectivity index (χ1n) is 7.22. The molecule has 0 atom stereocenters. The maximum Gasteiger partial charge on any atom is 0.320 e. The van der Waals surface area contributed by atoms with Crippen LogP contribution in [-0.4, -0.2) is 37.3 Å². The molecule has 8 heteroatoms. The van der Waals surface area contributed by atoms with Crippen molar-refractivity contribution in [1.82, 2.24) is 15.3 Å². The van der Waals surface area contributed by atoms with Gasteiger partial charge in [-0.1, -0.05) is 12.1 Å². The highest BCUT2D eigenvalue weighted by Gasteiger charge is 2.11. The molecule has 2 rings (SSSR count). The number of carbonyl (C=O) groups is 1. The van der Waals surface area contributed by atoms with Crippen molar-refractivity contribution in [3.63, 3.8) is 0 Å². The molecule has 8 nitrogen and oxygen atoms in total. The first-order chi connectivity index (χ1) is 11.7. The zero-order chi connectivity index (χ0) is 17.4. The lowest BCUT2D eigenvalue weighted by atomic mass is 10.2. The monoisotopic (exact) mass is 332 g/mol. The van der Waals surface area contributed by atoms with Gasteiger partial charge in [-0.3, -0.25) is 5.32 Å². The van der Waals surface area contributed by atoms with Gasteiger partial charge in [0, 0.05) is 25.3 Å². The summed E-state index contributed by atoms with van der Waals surface area (Å²) in [5.74, 6) is 1.59. The molecule has 0 fully saturated rings. The Labute approximate surface area is 140 Å². The molecule has 1 aromatic heterocycles. The van der Waals surface area contributed by atoms with Gasteiger partial charge in [0.15, 0.2) is 11.5 Å². The number of methoxy groups -OCH3 is 3. The van der Waals surface area contributed by atoms with E-state index in [0.29, 0.717) is 29.6 Å². The summed E-state index contributed by atoms with van der Waals surface area (Å²) in [7, 11) is 4.69. The fraction of sp³-hybridized carbons (Fsp3) is 0.312. The van der Waals surface area contributed by atoms with Crippen molar-refractivity contribution < 1.29 is 19.0 Å². The van der Waals surface area contributed by atoms with Crippen molar-refractivity contribution in [2.24, 2.45) is 0 Å². The van der Waals surface area contributed by atoms with Crippen LogP contribution in [0.1, 0.15) is 11.3 Å². The van der Waals surface area contributed by atoms with Crippen LogP contribution in [-0.2, 0) is 17.9 Å². The maximum atomic E-state index is 12.0. The number of aromatic nitrogens is 2. The lowest BCUT2D eigenvalue weighted by Crippen LogP contribution is -2.28. The second-order valence-electron chi connectivity index (χ2n) is 4.79. The highest BCUT2D eigenvalue weighted by molar-refractivity contribution is 5.88. The molecule has 2 N–H and O–H groups in total. The summed E-state index contributed by atoms with van der Waals surface area (Å²) in [5, 5.41) is 5.40. The molecule has 0 aliphatic heterocycles. The molecular formula is C16H20N4O4. The number of benzene rings is 1. The SMILES string of the molecule is COCc1cc(NC(=O)NCc2cccc(OC)c2OC)ncn1. The summed E-state index contributed by atoms with van der Waals surface area (Å²) < 4.78 is 15.6. The van der Waals surface area contributed by atoms with Crippen LogP contribution in [0.3, 0.4) is 0 Å². The van der Waals surface area contributed by atoms with E-state index in [9.17, 15) is 4.79 Å². The van der Waals surface area contributed by atoms with E-state index in [1.807, 2.05) is 12.1 Å². The highest BCUT2D eigenvalue weighted by atomic mass is 16.5. The average Bonchev–Trinajstić information content (AvgIpc) is 2.60. The van der Waals surface area contributed by atoms with Gasteiger partial charge in [0.1, 0.15) is 12.1 Å². The number of carbonyl (C=O) groups excluding carboxylic acids is 1. The number of rotatable bonds is 7. The van der Waals surface area contributed by atoms with Gasteiger partial charge in [-0.15, -0.1) is 0 Å². The van der Waals surface area contributed by atoms with E-state index in [4.69, 9.17) is 14.2 Å². The Kier molecular flexibility index (Phi) is 6.32. The summed E-state index contributed by atoms with van der Waals surface area (Å²) in [6.07, 6.45) is 1.37. The molecule has 0 unspecified atom stereocenters. The van der Waals surface area contributed by atoms with Gasteiger partial charge >= 0.3 is 6.03 Å². The summed E-state index contributed by atoms with van der Waals surface area (Å²) in [5.41, 5.74) is 1.48. The fourth-order valence-electron chi connectivity index (χ4n) is 2.12. The molecular weight excluding hydrogens is 312 g/mol. The van der Waals surface area contributed by atoms with E-state index >= 15 is 0 Å². The maximum absolute atomic E-state index is 12.0. The molecule has 0 radical (unpaired) electrons. The van der Waals surface area contributed by atoms with Crippen molar-refractivity contribution in [3.8, 4) is 11.5 Å². The fourth-order valence-corrected chi connectivity index (χ4v) is 2.12. The van der Waals surface area contributed by atoms with Gasteiger partial charge in [0.25, 0.3) is 0 Å². The minimum Gasteiger partial charge on any atom is -0.493 e. The van der Waals surface area contributed by atoms with Gasteiger partial charge in [0.05, 0.1) is 26.5 Å². The van der Waals surface area contributed by atoms with Crippen molar-refractivity contribution in [1.29, 1.82) is 0 Å². The number of hydrogen-bond acceptors (Lipinski definition) is 6. The van der Waals surface area contributed by atoms with E-state index in [-0.39, 0.29) is 12.6 Å². The quantitative estimate of drug-likeness (QED) is 0.805. The normalized spacial score (nSPS) is 10.1. The van der Waals surface area contributed by atoms with Crippen LogP contribution in [0.5, 0.6) is 11.5 Å². The third-order valence-corrected chi connectivity index (χ3v) is 3.18. The lowest BCUT2D eigenvalue weighted by molar-refractivity contribution is 0.181. The standard InChI is InChI=1S/C16H20N4O4/c1-22-9-12-7-14(19-10-18-12)20-16(21)17-8-11-5-4-6-13(23-2)15(11)24-3/h4-7,10H,8-9H2,1-3H3,(H2,17,18,19,20,21). The van der Waals surface area contributed by atoms with Gasteiger partial charge < -0.3 is 19.5 Å². The van der Waals surface area contributed by atoms with Gasteiger partial charge in [-0.25, -0.2) is 14.8 Å². The molecule has 2 aromatic rings. The Morgan fingerprint density at radius 2 is 2.00 bits per heavy atom. The van der Waals surface area contributed by atoms with E-state index in [0.717, 1.165) is 5.56 Å². The summed E-state index contributed by atoms with van der Waals surface area (Å²) >= 11 is 0. The first-order valence-corrected chi connectivity index (χ1v) is 7.22. The molecule has 2 amide bonds. The predicted octanol–water partition coefficient (Wildman–Crippen LogP) is 1.96. The Morgan fingerprint density at radius 3 is 2.71 bits per heavy atom. The Hall–Kier alpha value is -2.87. The molecule has 0 aliphatic rings. The summed E-state index contributed by atoms with van der Waals surface area (Å²) in [4.78, 5) is 20.1. The van der Waals surface area contributed by atoms with Crippen LogP contribution >= 0.6 is 0 Å². The third kappa shape index (κ3) is 4.56. The van der Waals surface area contributed by atoms with E-state index in [2.05, 4.69) is 20.6 Å². The number of anilines is 1. The molecule has 0 spiro atoms. The lowest BCUT2D eigenvalue weighted by Gasteiger charge is -2.13. The molecule has 0 aliphatic carbocycles. The largest absolute Gasteiger partial charge is 0.493 e. The van der Waals surface area contributed by atoms with Crippen LogP contribution in [0.15, 0.2) is 30.6 Å². The van der Waals surface area contributed by atoms with Crippen LogP contribution in [0.25, 0.3) is 0 Å². The molecule has 1 heterocycles. The minimum atomic E-state index is -0.387. The predicted molar refractivity (Wildman–Crippen MR) is 88.1 cm³/mol. The number of hydrogen-bond donors (Lipinski definition) is 2. The van der Waals surface area contributed by atoms with Crippen LogP contribution in [0.2, 0.25) is 0 Å². The smallest absolute Gasteiger partial charge is 0.320 e. The highest BCUT2D eigenvalue weighted by Crippen LogP contribution is 2.30. The Balaban J connectivity index is 1.97. The Bertz CT molecular complexity index is 694. The molecule has 128 valence electrons. The third-order valence-electron chi connectivity index (χ3n) is 3.18. The first kappa shape index (κ1) is 17.5. The second-order valence-corrected chi connectivity index (χ2v) is 4.79. The number of nitrogens with one attached hydrogen (secondary N) is 2. The van der Waals surface area contributed by atoms with Gasteiger partial charge in [-0.2, -0.15) is 0 Å². The van der Waals surface area contributed by atoms with Crippen LogP contribution in [0.4, 0.5) is 10.6 Å². The topological polar surface area (TPSA) is 94.6 Å². The minimum absolute atomic E-state index is 0.280. The van der Waals surface area contributed by atoms with E-state index in [1.54, 1.807) is 33.5 Å². The van der Waals surface area contributed by atoms with E-state index in [1.165, 1.54) is 6.33 Å². The Morgan fingerprint density at radius 1 is 1.17 bits per heavy atom. The van der Waals surface area contributed by atoms with Crippen LogP contribution in [0, 0.1) is 0 Å². The summed E-state index contributed by atoms with van der Waals surface area (Å²) in [6, 6.07) is 6.73. The van der Waals surface area contributed by atoms with Gasteiger partial charge in [0.2, 0.25) is 0 Å². The number of ether oxygens (including phenoxy) is 3. The molecule has 1 aromatic carbocycles. The number of para-hydroxylation sites is 1. The number of urea groups is 1. The van der Waals surface area contributed by atoms with Crippen molar-refractivity contribution >= 4 is 11.8 Å². The molecule has 0 saturated heterocycles. The number of amides is 2. The molecule has 24 heavy (non-hydrogen) atoms. The zero-order valence-corrected chi connectivity index (χ0v) is 13.8. The summed E-state index contributed by atoms with van der Waals surface area (Å²) in [6.45, 7) is 0.627. The van der Waals surface area contributed by atoms with Crippen molar-refractivity contribution in [2.45, 2.75) is 13.2 Å². The molecule has 0 bridgehead atoms. The number of nitrogens with zero attached hydrogens (tertiary/aromatic N) is 2.